The van der Waals surface area contributed by atoms with Crippen LogP contribution in [0.2, 0.25) is 0 Å². The van der Waals surface area contributed by atoms with Gasteiger partial charge < -0.3 is 14.6 Å². The summed E-state index contributed by atoms with van der Waals surface area (Å²) in [6.45, 7) is 6.04. The highest BCUT2D eigenvalue weighted by Crippen LogP contribution is 2.15. The van der Waals surface area contributed by atoms with Gasteiger partial charge in [0.25, 0.3) is 0 Å². The summed E-state index contributed by atoms with van der Waals surface area (Å²) in [4.78, 5) is 23.9. The lowest BCUT2D eigenvalue weighted by atomic mass is 10.1. The van der Waals surface area contributed by atoms with E-state index in [1.807, 2.05) is 6.92 Å². The van der Waals surface area contributed by atoms with Gasteiger partial charge in [-0.05, 0) is 44.5 Å². The van der Waals surface area contributed by atoms with Gasteiger partial charge in [0.05, 0.1) is 24.3 Å². The number of hydrogen-bond acceptors (Lipinski definition) is 5. The van der Waals surface area contributed by atoms with Gasteiger partial charge in [-0.25, -0.2) is 4.79 Å². The molecular weight excluding hydrogens is 308 g/mol. The Balaban J connectivity index is 1.91. The molecule has 0 spiro atoms. The average Bonchev–Trinajstić information content (AvgIpc) is 2.87. The molecule has 1 aromatic heterocycles. The molecule has 1 amide bonds. The van der Waals surface area contributed by atoms with Crippen molar-refractivity contribution in [1.29, 1.82) is 0 Å². The number of esters is 1. The third-order valence-electron chi connectivity index (χ3n) is 3.65. The smallest absolute Gasteiger partial charge is 0.338 e. The second kappa shape index (κ2) is 8.29. The first kappa shape index (κ1) is 17.7. The van der Waals surface area contributed by atoms with Crippen molar-refractivity contribution in [2.75, 3.05) is 11.9 Å². The predicted octanol–water partition coefficient (Wildman–Crippen LogP) is 3.43. The van der Waals surface area contributed by atoms with Crippen LogP contribution in [0.5, 0.6) is 0 Å². The minimum Gasteiger partial charge on any atom is -0.462 e. The van der Waals surface area contributed by atoms with Crippen LogP contribution in [-0.4, -0.2) is 23.6 Å². The third kappa shape index (κ3) is 4.68. The zero-order chi connectivity index (χ0) is 17.5. The van der Waals surface area contributed by atoms with Crippen molar-refractivity contribution in [3.05, 3.63) is 46.8 Å². The van der Waals surface area contributed by atoms with Gasteiger partial charge in [-0.2, -0.15) is 0 Å². The van der Waals surface area contributed by atoms with Crippen LogP contribution < -0.4 is 5.32 Å². The highest BCUT2D eigenvalue weighted by Gasteiger charge is 2.14. The fourth-order valence-electron chi connectivity index (χ4n) is 2.20. The first-order valence-electron chi connectivity index (χ1n) is 8.00. The van der Waals surface area contributed by atoms with E-state index < -0.39 is 0 Å². The Morgan fingerprint density at radius 3 is 2.50 bits per heavy atom. The first-order valence-corrected chi connectivity index (χ1v) is 8.00. The lowest BCUT2D eigenvalue weighted by Gasteiger charge is -2.07. The maximum atomic E-state index is 12.1. The van der Waals surface area contributed by atoms with E-state index in [1.165, 1.54) is 0 Å². The minimum atomic E-state index is -0.350. The van der Waals surface area contributed by atoms with Gasteiger partial charge in [0, 0.05) is 11.3 Å². The van der Waals surface area contributed by atoms with Gasteiger partial charge >= 0.3 is 5.97 Å². The van der Waals surface area contributed by atoms with Gasteiger partial charge in [-0.1, -0.05) is 18.5 Å². The van der Waals surface area contributed by atoms with Crippen molar-refractivity contribution in [1.82, 2.24) is 5.16 Å². The Bertz CT molecular complexity index is 685. The van der Waals surface area contributed by atoms with Gasteiger partial charge in [0.2, 0.25) is 5.91 Å². The summed E-state index contributed by atoms with van der Waals surface area (Å²) < 4.78 is 10.2. The molecule has 6 nitrogen and oxygen atoms in total. The molecule has 2 aromatic rings. The Kier molecular flexibility index (Phi) is 6.12. The number of carbonyl (C=O) groups excluding carboxylic acids is 2. The van der Waals surface area contributed by atoms with Crippen molar-refractivity contribution >= 4 is 17.6 Å². The molecular formula is C18H22N2O4. The molecule has 0 fully saturated rings. The number of amides is 1. The number of nitrogens with one attached hydrogen (secondary N) is 1. The lowest BCUT2D eigenvalue weighted by molar-refractivity contribution is -0.115. The van der Waals surface area contributed by atoms with Crippen LogP contribution in [-0.2, 0) is 16.0 Å². The fraction of sp³-hybridized carbons (Fsp3) is 0.389. The lowest BCUT2D eigenvalue weighted by Crippen LogP contribution is -2.15. The highest BCUT2D eigenvalue weighted by atomic mass is 16.5. The van der Waals surface area contributed by atoms with Crippen LogP contribution in [0.15, 0.2) is 28.8 Å². The molecule has 0 radical (unpaired) electrons. The van der Waals surface area contributed by atoms with E-state index in [2.05, 4.69) is 10.5 Å². The Morgan fingerprint density at radius 1 is 1.21 bits per heavy atom. The maximum absolute atomic E-state index is 12.1. The monoisotopic (exact) mass is 330 g/mol. The SMILES string of the molecule is CCCCOC(=O)c1ccc(NC(=O)Cc2c(C)noc2C)cc1. The second-order valence-corrected chi connectivity index (χ2v) is 5.59. The van der Waals surface area contributed by atoms with E-state index in [9.17, 15) is 9.59 Å². The van der Waals surface area contributed by atoms with Gasteiger partial charge in [-0.3, -0.25) is 4.79 Å². The van der Waals surface area contributed by atoms with Crippen molar-refractivity contribution in [3.8, 4) is 0 Å². The summed E-state index contributed by atoms with van der Waals surface area (Å²) in [5.41, 5.74) is 2.60. The fourth-order valence-corrected chi connectivity index (χ4v) is 2.20. The number of rotatable bonds is 7. The molecule has 0 aliphatic heterocycles. The molecule has 1 aromatic carbocycles. The van der Waals surface area contributed by atoms with Crippen molar-refractivity contribution in [3.63, 3.8) is 0 Å². The summed E-state index contributed by atoms with van der Waals surface area (Å²) in [6, 6.07) is 6.64. The molecule has 6 heteroatoms. The Hall–Kier alpha value is -2.63. The van der Waals surface area contributed by atoms with Gasteiger partial charge in [-0.15, -0.1) is 0 Å². The van der Waals surface area contributed by atoms with E-state index in [0.29, 0.717) is 29.3 Å². The van der Waals surface area contributed by atoms with Crippen LogP contribution in [0.1, 0.15) is 47.1 Å². The standard InChI is InChI=1S/C18H22N2O4/c1-4-5-10-23-18(22)14-6-8-15(9-7-14)19-17(21)11-16-12(2)20-24-13(16)3/h6-9H,4-5,10-11H2,1-3H3,(H,19,21). The van der Waals surface area contributed by atoms with E-state index in [-0.39, 0.29) is 18.3 Å². The number of aromatic nitrogens is 1. The molecule has 1 heterocycles. The summed E-state index contributed by atoms with van der Waals surface area (Å²) in [5.74, 6) is 0.132. The molecule has 24 heavy (non-hydrogen) atoms. The minimum absolute atomic E-state index is 0.164. The van der Waals surface area contributed by atoms with E-state index in [0.717, 1.165) is 18.4 Å². The van der Waals surface area contributed by atoms with Crippen molar-refractivity contribution in [2.45, 2.75) is 40.0 Å². The summed E-state index contributed by atoms with van der Waals surface area (Å²) in [7, 11) is 0. The summed E-state index contributed by atoms with van der Waals surface area (Å²) in [6.07, 6.45) is 2.02. The average molecular weight is 330 g/mol. The largest absolute Gasteiger partial charge is 0.462 e. The molecule has 0 aliphatic carbocycles. The van der Waals surface area contributed by atoms with E-state index >= 15 is 0 Å². The molecule has 0 unspecified atom stereocenters. The zero-order valence-electron chi connectivity index (χ0n) is 14.2. The molecule has 0 atom stereocenters. The number of carbonyl (C=O) groups is 2. The van der Waals surface area contributed by atoms with Gasteiger partial charge in [0.1, 0.15) is 5.76 Å². The maximum Gasteiger partial charge on any atom is 0.338 e. The number of anilines is 1. The third-order valence-corrected chi connectivity index (χ3v) is 3.65. The number of unbranched alkanes of at least 4 members (excludes halogenated alkanes) is 1. The molecule has 0 bridgehead atoms. The van der Waals surface area contributed by atoms with E-state index in [4.69, 9.17) is 9.26 Å². The molecule has 0 aliphatic rings. The summed E-state index contributed by atoms with van der Waals surface area (Å²) >= 11 is 0. The summed E-state index contributed by atoms with van der Waals surface area (Å²) in [5, 5.41) is 6.62. The number of hydrogen-bond donors (Lipinski definition) is 1. The van der Waals surface area contributed by atoms with Crippen molar-refractivity contribution < 1.29 is 18.8 Å². The van der Waals surface area contributed by atoms with Crippen molar-refractivity contribution in [2.24, 2.45) is 0 Å². The first-order chi connectivity index (χ1) is 11.5. The second-order valence-electron chi connectivity index (χ2n) is 5.59. The molecule has 0 saturated carbocycles. The number of nitrogens with zero attached hydrogens (tertiary/aromatic N) is 1. The number of aryl methyl sites for hydroxylation is 2. The van der Waals surface area contributed by atoms with Crippen LogP contribution >= 0.6 is 0 Å². The molecule has 2 rings (SSSR count). The van der Waals surface area contributed by atoms with Crippen LogP contribution in [0, 0.1) is 13.8 Å². The van der Waals surface area contributed by atoms with Crippen LogP contribution in [0.3, 0.4) is 0 Å². The number of benzene rings is 1. The molecule has 1 N–H and O–H groups in total. The Morgan fingerprint density at radius 2 is 1.92 bits per heavy atom. The van der Waals surface area contributed by atoms with Crippen LogP contribution in [0.25, 0.3) is 0 Å². The number of ether oxygens (including phenoxy) is 1. The van der Waals surface area contributed by atoms with E-state index in [1.54, 1.807) is 38.1 Å². The highest BCUT2D eigenvalue weighted by molar-refractivity contribution is 5.94. The Labute approximate surface area is 141 Å². The van der Waals surface area contributed by atoms with Crippen LogP contribution in [0.4, 0.5) is 5.69 Å². The molecule has 0 saturated heterocycles. The normalized spacial score (nSPS) is 10.5. The molecule has 128 valence electrons. The van der Waals surface area contributed by atoms with Gasteiger partial charge in [0.15, 0.2) is 0 Å². The predicted molar refractivity (Wildman–Crippen MR) is 89.9 cm³/mol. The quantitative estimate of drug-likeness (QED) is 0.621. The zero-order valence-corrected chi connectivity index (χ0v) is 14.2. The topological polar surface area (TPSA) is 81.4 Å².